The molecule has 1 aliphatic rings. The number of epoxide rings is 1. The fourth-order valence-corrected chi connectivity index (χ4v) is 5.84. The van der Waals surface area contributed by atoms with Gasteiger partial charge in [-0.15, -0.1) is 0 Å². The molecule has 0 N–H and O–H groups in total. The molecule has 0 radical (unpaired) electrons. The summed E-state index contributed by atoms with van der Waals surface area (Å²) in [6.45, 7) is 5.64. The Labute approximate surface area is 219 Å². The number of hydrogen-bond acceptors (Lipinski definition) is 13. The largest absolute Gasteiger partial charge is 0.462 e. The van der Waals surface area contributed by atoms with Gasteiger partial charge in [0.2, 0.25) is 14.8 Å². The molecule has 210 valence electrons. The molecule has 0 saturated carbocycles. The molecule has 1 aromatic carbocycles. The van der Waals surface area contributed by atoms with Crippen molar-refractivity contribution in [2.45, 2.75) is 75.8 Å². The van der Waals surface area contributed by atoms with E-state index in [0.29, 0.717) is 0 Å². The Kier molecular flexibility index (Phi) is 9.98. The lowest BCUT2D eigenvalue weighted by Gasteiger charge is -2.31. The first kappa shape index (κ1) is 30.7. The summed E-state index contributed by atoms with van der Waals surface area (Å²) in [7, 11) is -4.64. The van der Waals surface area contributed by atoms with E-state index in [-0.39, 0.29) is 4.90 Å². The third kappa shape index (κ3) is 7.28. The summed E-state index contributed by atoms with van der Waals surface area (Å²) in [6, 6.07) is 5.61. The van der Waals surface area contributed by atoms with Crippen LogP contribution in [0.3, 0.4) is 0 Å². The van der Waals surface area contributed by atoms with Crippen LogP contribution >= 0.6 is 0 Å². The van der Waals surface area contributed by atoms with Crippen molar-refractivity contribution in [3.8, 4) is 0 Å². The number of carbonyl (C=O) groups excluding carboxylic acids is 5. The lowest BCUT2D eigenvalue weighted by atomic mass is 10.0. The van der Waals surface area contributed by atoms with Gasteiger partial charge in [-0.25, -0.2) is 8.42 Å². The molecule has 1 aromatic rings. The van der Waals surface area contributed by atoms with Crippen molar-refractivity contribution in [2.75, 3.05) is 13.2 Å². The second-order valence-corrected chi connectivity index (χ2v) is 10.6. The molecule has 5 atom stereocenters. The van der Waals surface area contributed by atoms with Crippen LogP contribution in [0.5, 0.6) is 0 Å². The highest BCUT2D eigenvalue weighted by Gasteiger charge is 2.77. The van der Waals surface area contributed by atoms with Crippen LogP contribution in [-0.4, -0.2) is 80.8 Å². The van der Waals surface area contributed by atoms with Gasteiger partial charge in [0.25, 0.3) is 0 Å². The van der Waals surface area contributed by atoms with E-state index < -0.39 is 82.2 Å². The van der Waals surface area contributed by atoms with Crippen LogP contribution in [0.4, 0.5) is 0 Å². The number of ether oxygens (including phenoxy) is 6. The van der Waals surface area contributed by atoms with Gasteiger partial charge in [0.05, 0.1) is 4.90 Å². The molecule has 13 nitrogen and oxygen atoms in total. The highest BCUT2D eigenvalue weighted by atomic mass is 32.2. The van der Waals surface area contributed by atoms with E-state index in [2.05, 4.69) is 0 Å². The van der Waals surface area contributed by atoms with Crippen LogP contribution in [0.2, 0.25) is 0 Å². The maximum atomic E-state index is 14.1. The Morgan fingerprint density at radius 1 is 0.789 bits per heavy atom. The minimum absolute atomic E-state index is 0.258. The molecule has 0 aliphatic carbocycles. The zero-order valence-electron chi connectivity index (χ0n) is 21.7. The highest BCUT2D eigenvalue weighted by Crippen LogP contribution is 2.52. The van der Waals surface area contributed by atoms with E-state index in [0.717, 1.165) is 40.2 Å². The number of benzene rings is 1. The van der Waals surface area contributed by atoms with Crippen molar-refractivity contribution in [3.05, 3.63) is 29.8 Å². The number of esters is 5. The van der Waals surface area contributed by atoms with E-state index >= 15 is 0 Å². The fourth-order valence-electron chi connectivity index (χ4n) is 3.79. The van der Waals surface area contributed by atoms with E-state index in [1.165, 1.54) is 24.3 Å². The number of aryl methyl sites for hydroxylation is 1. The van der Waals surface area contributed by atoms with Crippen molar-refractivity contribution >= 4 is 39.7 Å². The molecule has 1 heterocycles. The van der Waals surface area contributed by atoms with Crippen molar-refractivity contribution in [1.82, 2.24) is 0 Å². The topological polar surface area (TPSA) is 178 Å². The normalized spacial score (nSPS) is 20.7. The van der Waals surface area contributed by atoms with E-state index in [1.807, 2.05) is 0 Å². The van der Waals surface area contributed by atoms with Crippen LogP contribution < -0.4 is 0 Å². The van der Waals surface area contributed by atoms with Gasteiger partial charge in [0.15, 0.2) is 18.3 Å². The molecule has 0 unspecified atom stereocenters. The Morgan fingerprint density at radius 3 is 1.76 bits per heavy atom. The molecule has 2 rings (SSSR count). The quantitative estimate of drug-likeness (QED) is 0.200. The number of carbonyl (C=O) groups is 5. The van der Waals surface area contributed by atoms with Gasteiger partial charge in [-0.3, -0.25) is 24.0 Å². The molecular weight excluding hydrogens is 528 g/mol. The van der Waals surface area contributed by atoms with E-state index in [4.69, 9.17) is 28.4 Å². The van der Waals surface area contributed by atoms with Crippen molar-refractivity contribution < 1.29 is 60.8 Å². The maximum absolute atomic E-state index is 14.1. The Hall–Kier alpha value is -3.52. The molecule has 0 spiro atoms. The van der Waals surface area contributed by atoms with Gasteiger partial charge in [-0.2, -0.15) is 0 Å². The lowest BCUT2D eigenvalue weighted by Crippen LogP contribution is -2.54. The third-order valence-corrected chi connectivity index (χ3v) is 7.60. The van der Waals surface area contributed by atoms with Crippen LogP contribution in [0.1, 0.15) is 40.2 Å². The van der Waals surface area contributed by atoms with E-state index in [1.54, 1.807) is 6.92 Å². The summed E-state index contributed by atoms with van der Waals surface area (Å²) in [5.41, 5.74) is 0.739. The number of sulfone groups is 1. The average Bonchev–Trinajstić information content (AvgIpc) is 3.54. The number of hydrogen-bond donors (Lipinski definition) is 0. The summed E-state index contributed by atoms with van der Waals surface area (Å²) in [5.74, 6) is -4.28. The minimum Gasteiger partial charge on any atom is -0.462 e. The third-order valence-electron chi connectivity index (χ3n) is 5.30. The number of rotatable bonds is 12. The lowest BCUT2D eigenvalue weighted by molar-refractivity contribution is -0.176. The minimum atomic E-state index is -4.64. The van der Waals surface area contributed by atoms with Crippen LogP contribution in [0.25, 0.3) is 0 Å². The highest BCUT2D eigenvalue weighted by molar-refractivity contribution is 7.93. The summed E-state index contributed by atoms with van der Waals surface area (Å²) in [4.78, 5) is 56.1. The molecular formula is C24H30O13S. The van der Waals surface area contributed by atoms with Gasteiger partial charge >= 0.3 is 29.8 Å². The van der Waals surface area contributed by atoms with Crippen LogP contribution in [0, 0.1) is 6.92 Å². The monoisotopic (exact) mass is 558 g/mol. The van der Waals surface area contributed by atoms with Crippen molar-refractivity contribution in [1.29, 1.82) is 0 Å². The first-order valence-corrected chi connectivity index (χ1v) is 12.9. The second kappa shape index (κ2) is 12.3. The smallest absolute Gasteiger partial charge is 0.303 e. The van der Waals surface area contributed by atoms with Gasteiger partial charge in [-0.1, -0.05) is 17.7 Å². The first-order chi connectivity index (χ1) is 17.6. The van der Waals surface area contributed by atoms with Gasteiger partial charge < -0.3 is 28.4 Å². The zero-order chi connectivity index (χ0) is 28.8. The fraction of sp³-hybridized carbons (Fsp3) is 0.542. The Bertz CT molecular complexity index is 1170. The molecule has 38 heavy (non-hydrogen) atoms. The summed E-state index contributed by atoms with van der Waals surface area (Å²) in [5, 5.41) is 0. The average molecular weight is 559 g/mol. The maximum Gasteiger partial charge on any atom is 0.303 e. The SMILES string of the molecule is CC(=O)OC[C@H](OC(C)=O)[C@@H](OC(C)=O)[C@@]1(S(=O)(=O)c2ccc(C)cc2)O[C@H]1[C@H](COC(C)=O)OC(C)=O. The summed E-state index contributed by atoms with van der Waals surface area (Å²) in [6.07, 6.45) is -6.59. The Morgan fingerprint density at radius 2 is 1.29 bits per heavy atom. The van der Waals surface area contributed by atoms with Crippen molar-refractivity contribution in [2.24, 2.45) is 0 Å². The molecule has 1 saturated heterocycles. The van der Waals surface area contributed by atoms with Crippen LogP contribution in [-0.2, 0) is 62.2 Å². The second-order valence-electron chi connectivity index (χ2n) is 8.51. The Balaban J connectivity index is 2.74. The predicted octanol–water partition coefficient (Wildman–Crippen LogP) is 0.785. The first-order valence-electron chi connectivity index (χ1n) is 11.4. The van der Waals surface area contributed by atoms with Crippen LogP contribution in [0.15, 0.2) is 29.2 Å². The van der Waals surface area contributed by atoms with Gasteiger partial charge in [0, 0.05) is 34.6 Å². The molecule has 0 bridgehead atoms. The molecule has 0 amide bonds. The molecule has 1 aliphatic heterocycles. The molecule has 1 fully saturated rings. The zero-order valence-corrected chi connectivity index (χ0v) is 22.6. The van der Waals surface area contributed by atoms with Gasteiger partial charge in [0.1, 0.15) is 19.3 Å². The van der Waals surface area contributed by atoms with E-state index in [9.17, 15) is 32.4 Å². The molecule has 14 heteroatoms. The summed E-state index contributed by atoms with van der Waals surface area (Å²) >= 11 is 0. The van der Waals surface area contributed by atoms with Crippen molar-refractivity contribution in [3.63, 3.8) is 0 Å². The predicted molar refractivity (Wildman–Crippen MR) is 126 cm³/mol. The standard InChI is InChI=1S/C24H30O13S/c1-13-7-9-19(10-8-13)38(30,31)24(23(37-24)21(35-17(5)28)12-33-15(3)26)22(36-18(6)29)20(34-16(4)27)11-32-14(2)25/h7-10,20-23H,11-12H2,1-6H3/t20-,21-,22+,23-,24-/m0/s1. The summed E-state index contributed by atoms with van der Waals surface area (Å²) < 4.78 is 59.6. The van der Waals surface area contributed by atoms with Gasteiger partial charge in [-0.05, 0) is 19.1 Å². The molecule has 0 aromatic heterocycles.